The molecule has 0 aromatic carbocycles. The van der Waals surface area contributed by atoms with Crippen molar-refractivity contribution in [3.05, 3.63) is 17.1 Å². The molecule has 0 aliphatic heterocycles. The monoisotopic (exact) mass is 287 g/mol. The molecule has 1 aliphatic rings. The molecule has 5 nitrogen and oxygen atoms in total. The van der Waals surface area contributed by atoms with E-state index in [1.165, 1.54) is 19.3 Å². The highest BCUT2D eigenvalue weighted by Gasteiger charge is 2.26. The Balaban J connectivity index is 2.09. The molecule has 2 N–H and O–H groups in total. The summed E-state index contributed by atoms with van der Waals surface area (Å²) in [4.78, 5) is 0.0982. The molecule has 1 saturated carbocycles. The van der Waals surface area contributed by atoms with Crippen LogP contribution in [0.25, 0.3) is 0 Å². The fourth-order valence-corrected chi connectivity index (χ4v) is 3.98. The van der Waals surface area contributed by atoms with Gasteiger partial charge >= 0.3 is 0 Å². The first-order chi connectivity index (χ1) is 8.95. The van der Waals surface area contributed by atoms with Gasteiger partial charge in [0.05, 0.1) is 6.61 Å². The van der Waals surface area contributed by atoms with E-state index in [0.29, 0.717) is 29.5 Å². The van der Waals surface area contributed by atoms with E-state index in [-0.39, 0.29) is 11.5 Å². The van der Waals surface area contributed by atoms with Gasteiger partial charge in [-0.1, -0.05) is 19.3 Å². The van der Waals surface area contributed by atoms with E-state index >= 15 is 0 Å². The summed E-state index contributed by atoms with van der Waals surface area (Å²) >= 11 is 0. The molecule has 0 bridgehead atoms. The average molecular weight is 287 g/mol. The third-order valence-electron chi connectivity index (χ3n) is 3.82. The van der Waals surface area contributed by atoms with Crippen molar-refractivity contribution >= 4 is 10.0 Å². The molecular formula is C13H21NO4S. The molecule has 0 saturated heterocycles. The zero-order valence-corrected chi connectivity index (χ0v) is 12.2. The van der Waals surface area contributed by atoms with E-state index in [1.54, 1.807) is 13.8 Å². The maximum absolute atomic E-state index is 12.3. The second kappa shape index (κ2) is 5.64. The Hall–Kier alpha value is -0.850. The van der Waals surface area contributed by atoms with Crippen LogP contribution in [0.3, 0.4) is 0 Å². The summed E-state index contributed by atoms with van der Waals surface area (Å²) in [5.41, 5.74) is 0.355. The molecule has 6 heteroatoms. The van der Waals surface area contributed by atoms with Crippen LogP contribution in [0.1, 0.15) is 42.8 Å². The van der Waals surface area contributed by atoms with Gasteiger partial charge in [0.15, 0.2) is 0 Å². The zero-order chi connectivity index (χ0) is 14.0. The van der Waals surface area contributed by atoms with E-state index in [2.05, 4.69) is 4.72 Å². The Morgan fingerprint density at radius 3 is 2.53 bits per heavy atom. The van der Waals surface area contributed by atoms with Crippen molar-refractivity contribution < 1.29 is 17.9 Å². The van der Waals surface area contributed by atoms with Crippen LogP contribution in [0.2, 0.25) is 0 Å². The van der Waals surface area contributed by atoms with Crippen molar-refractivity contribution in [2.75, 3.05) is 6.54 Å². The van der Waals surface area contributed by atoms with Gasteiger partial charge in [-0.05, 0) is 26.2 Å². The number of nitrogens with one attached hydrogen (secondary N) is 1. The minimum absolute atomic E-state index is 0.0982. The Morgan fingerprint density at radius 1 is 1.32 bits per heavy atom. The van der Waals surface area contributed by atoms with Crippen LogP contribution in [-0.4, -0.2) is 20.1 Å². The van der Waals surface area contributed by atoms with E-state index in [0.717, 1.165) is 6.42 Å². The lowest BCUT2D eigenvalue weighted by Gasteiger charge is -2.25. The van der Waals surface area contributed by atoms with E-state index < -0.39 is 10.0 Å². The highest BCUT2D eigenvalue weighted by Crippen LogP contribution is 2.29. The average Bonchev–Trinajstić information content (AvgIpc) is 2.57. The van der Waals surface area contributed by atoms with E-state index in [9.17, 15) is 13.5 Å². The van der Waals surface area contributed by atoms with Crippen LogP contribution in [0.5, 0.6) is 0 Å². The number of aryl methyl sites for hydroxylation is 2. The van der Waals surface area contributed by atoms with Crippen molar-refractivity contribution in [1.29, 1.82) is 0 Å². The standard InChI is InChI=1S/C13H21NO4S/c1-9-12(8-15)13(10(2)18-9)19(16,17)14-7-6-11-4-3-5-11/h11,14-15H,3-8H2,1-2H3. The summed E-state index contributed by atoms with van der Waals surface area (Å²) in [5, 5.41) is 9.28. The predicted molar refractivity (Wildman–Crippen MR) is 71.3 cm³/mol. The molecular weight excluding hydrogens is 266 g/mol. The van der Waals surface area contributed by atoms with Crippen LogP contribution in [-0.2, 0) is 16.6 Å². The maximum Gasteiger partial charge on any atom is 0.244 e. The van der Waals surface area contributed by atoms with Gasteiger partial charge in [-0.25, -0.2) is 13.1 Å². The lowest BCUT2D eigenvalue weighted by atomic mass is 9.83. The first kappa shape index (κ1) is 14.6. The molecule has 0 amide bonds. The quantitative estimate of drug-likeness (QED) is 0.837. The Labute approximate surface area is 114 Å². The van der Waals surface area contributed by atoms with Crippen LogP contribution < -0.4 is 4.72 Å². The summed E-state index contributed by atoms with van der Waals surface area (Å²) in [6.07, 6.45) is 4.54. The molecule has 0 atom stereocenters. The number of rotatable bonds is 6. The maximum atomic E-state index is 12.3. The van der Waals surface area contributed by atoms with Crippen molar-refractivity contribution in [3.8, 4) is 0 Å². The van der Waals surface area contributed by atoms with E-state index in [1.807, 2.05) is 0 Å². The number of sulfonamides is 1. The Bertz CT molecular complexity index is 543. The molecule has 108 valence electrons. The molecule has 19 heavy (non-hydrogen) atoms. The highest BCUT2D eigenvalue weighted by atomic mass is 32.2. The van der Waals surface area contributed by atoms with Crippen molar-refractivity contribution in [3.63, 3.8) is 0 Å². The van der Waals surface area contributed by atoms with Gasteiger partial charge in [-0.3, -0.25) is 0 Å². The molecule has 0 radical (unpaired) electrons. The predicted octanol–water partition coefficient (Wildman–Crippen LogP) is 1.86. The molecule has 1 aromatic heterocycles. The number of aliphatic hydroxyl groups excluding tert-OH is 1. The van der Waals surface area contributed by atoms with Gasteiger partial charge in [-0.2, -0.15) is 0 Å². The van der Waals surface area contributed by atoms with Crippen molar-refractivity contribution in [2.24, 2.45) is 5.92 Å². The zero-order valence-electron chi connectivity index (χ0n) is 11.4. The molecule has 1 aliphatic carbocycles. The number of hydrogen-bond donors (Lipinski definition) is 2. The second-order valence-electron chi connectivity index (χ2n) is 5.16. The lowest BCUT2D eigenvalue weighted by Crippen LogP contribution is -2.28. The fraction of sp³-hybridized carbons (Fsp3) is 0.692. The van der Waals surface area contributed by atoms with Crippen LogP contribution in [0.4, 0.5) is 0 Å². The first-order valence-corrected chi connectivity index (χ1v) is 8.13. The third-order valence-corrected chi connectivity index (χ3v) is 5.48. The van der Waals surface area contributed by atoms with Crippen LogP contribution in [0, 0.1) is 19.8 Å². The van der Waals surface area contributed by atoms with Gasteiger partial charge in [-0.15, -0.1) is 0 Å². The van der Waals surface area contributed by atoms with Gasteiger partial charge in [0, 0.05) is 12.1 Å². The molecule has 1 heterocycles. The molecule has 2 rings (SSSR count). The summed E-state index contributed by atoms with van der Waals surface area (Å²) in [5.74, 6) is 1.45. The van der Waals surface area contributed by atoms with Crippen LogP contribution in [0.15, 0.2) is 9.31 Å². The van der Waals surface area contributed by atoms with Gasteiger partial charge in [0.2, 0.25) is 10.0 Å². The molecule has 1 aromatic rings. The Morgan fingerprint density at radius 2 is 2.00 bits per heavy atom. The number of furan rings is 1. The summed E-state index contributed by atoms with van der Waals surface area (Å²) in [7, 11) is -3.60. The summed E-state index contributed by atoms with van der Waals surface area (Å²) in [6.45, 7) is 3.38. The minimum Gasteiger partial charge on any atom is -0.465 e. The van der Waals surface area contributed by atoms with Crippen molar-refractivity contribution in [2.45, 2.75) is 51.0 Å². The van der Waals surface area contributed by atoms with Crippen molar-refractivity contribution in [1.82, 2.24) is 4.72 Å². The molecule has 0 unspecified atom stereocenters. The van der Waals surface area contributed by atoms with Gasteiger partial charge < -0.3 is 9.52 Å². The smallest absolute Gasteiger partial charge is 0.244 e. The van der Waals surface area contributed by atoms with E-state index in [4.69, 9.17) is 4.42 Å². The van der Waals surface area contributed by atoms with Gasteiger partial charge in [0.25, 0.3) is 0 Å². The number of hydrogen-bond acceptors (Lipinski definition) is 4. The second-order valence-corrected chi connectivity index (χ2v) is 6.87. The summed E-state index contributed by atoms with van der Waals surface area (Å²) < 4.78 is 32.4. The first-order valence-electron chi connectivity index (χ1n) is 6.65. The third kappa shape index (κ3) is 3.01. The normalized spacial score (nSPS) is 16.6. The number of aliphatic hydroxyl groups is 1. The fourth-order valence-electron chi connectivity index (χ4n) is 2.50. The highest BCUT2D eigenvalue weighted by molar-refractivity contribution is 7.89. The topological polar surface area (TPSA) is 79.5 Å². The summed E-state index contributed by atoms with van der Waals surface area (Å²) in [6, 6.07) is 0. The molecule has 1 fully saturated rings. The molecule has 0 spiro atoms. The lowest BCUT2D eigenvalue weighted by molar-refractivity contribution is 0.276. The van der Waals surface area contributed by atoms with Crippen LogP contribution >= 0.6 is 0 Å². The van der Waals surface area contributed by atoms with Gasteiger partial charge in [0.1, 0.15) is 16.4 Å². The minimum atomic E-state index is -3.60. The largest absolute Gasteiger partial charge is 0.465 e. The SMILES string of the molecule is Cc1oc(C)c(S(=O)(=O)NCCC2CCC2)c1CO. The Kier molecular flexibility index (Phi) is 4.32.